The van der Waals surface area contributed by atoms with Crippen molar-refractivity contribution in [2.75, 3.05) is 11.9 Å². The predicted molar refractivity (Wildman–Crippen MR) is 147 cm³/mol. The van der Waals surface area contributed by atoms with Crippen molar-refractivity contribution < 1.29 is 0 Å². The second-order valence-corrected chi connectivity index (χ2v) is 10.6. The summed E-state index contributed by atoms with van der Waals surface area (Å²) in [5.74, 6) is 0.888. The van der Waals surface area contributed by atoms with Gasteiger partial charge in [-0.3, -0.25) is 4.79 Å². The lowest BCUT2D eigenvalue weighted by Gasteiger charge is -2.26. The standard InChI is InChI=1S/C27H22Cl2N8O/c1-36-10-9-31-24(36)22-21-17(25(38)37(35-22)23-19(28)3-2-4-20(23)29)13-32-26(34-21)33-16-5-6-18-15(11-16)12-30-14-27(18)7-8-27/h2-6,9-11,13,30H,7-8,12,14H2,1H3,(H,32,33,34). The molecule has 2 aliphatic rings. The van der Waals surface area contributed by atoms with Gasteiger partial charge < -0.3 is 15.2 Å². The normalized spacial score (nSPS) is 15.6. The van der Waals surface area contributed by atoms with Crippen LogP contribution in [0.2, 0.25) is 10.0 Å². The zero-order chi connectivity index (χ0) is 26.0. The Labute approximate surface area is 227 Å². The number of hydrogen-bond acceptors (Lipinski definition) is 7. The van der Waals surface area contributed by atoms with Crippen molar-refractivity contribution in [2.45, 2.75) is 24.8 Å². The average Bonchev–Trinajstić information content (AvgIpc) is 3.54. The molecule has 0 amide bonds. The van der Waals surface area contributed by atoms with Gasteiger partial charge >= 0.3 is 0 Å². The van der Waals surface area contributed by atoms with Crippen molar-refractivity contribution in [2.24, 2.45) is 7.05 Å². The van der Waals surface area contributed by atoms with E-state index in [1.54, 1.807) is 30.6 Å². The van der Waals surface area contributed by atoms with Crippen LogP contribution in [-0.4, -0.2) is 35.8 Å². The first-order valence-electron chi connectivity index (χ1n) is 12.3. The molecule has 4 heterocycles. The van der Waals surface area contributed by atoms with Gasteiger partial charge in [0.25, 0.3) is 5.56 Å². The molecule has 38 heavy (non-hydrogen) atoms. The number of aryl methyl sites for hydroxylation is 1. The topological polar surface area (TPSA) is 103 Å². The summed E-state index contributed by atoms with van der Waals surface area (Å²) in [7, 11) is 1.85. The number of para-hydroxylation sites is 1. The highest BCUT2D eigenvalue weighted by atomic mass is 35.5. The molecule has 0 bridgehead atoms. The van der Waals surface area contributed by atoms with Gasteiger partial charge in [0.1, 0.15) is 11.2 Å². The Morgan fingerprint density at radius 3 is 2.66 bits per heavy atom. The van der Waals surface area contributed by atoms with Crippen molar-refractivity contribution in [1.82, 2.24) is 34.6 Å². The first-order valence-corrected chi connectivity index (χ1v) is 13.0. The number of aromatic nitrogens is 6. The van der Waals surface area contributed by atoms with Crippen molar-refractivity contribution in [3.05, 3.63) is 86.5 Å². The minimum atomic E-state index is -0.436. The molecular formula is C27H22Cl2N8O. The summed E-state index contributed by atoms with van der Waals surface area (Å²) < 4.78 is 3.00. The SMILES string of the molecule is Cn1ccnc1-c1nn(-c2c(Cl)cccc2Cl)c(=O)c2cnc(Nc3ccc4c(c3)CNCC43CC3)nc12. The molecule has 0 atom stereocenters. The number of nitrogens with zero attached hydrogens (tertiary/aromatic N) is 6. The van der Waals surface area contributed by atoms with Crippen LogP contribution in [0, 0.1) is 0 Å². The number of rotatable bonds is 4. The molecular weight excluding hydrogens is 523 g/mol. The van der Waals surface area contributed by atoms with Crippen molar-refractivity contribution in [1.29, 1.82) is 0 Å². The van der Waals surface area contributed by atoms with E-state index in [2.05, 4.69) is 43.9 Å². The quantitative estimate of drug-likeness (QED) is 0.336. The van der Waals surface area contributed by atoms with Crippen molar-refractivity contribution in [3.8, 4) is 17.2 Å². The number of halogens is 2. The van der Waals surface area contributed by atoms with Crippen LogP contribution in [0.3, 0.4) is 0 Å². The van der Waals surface area contributed by atoms with Gasteiger partial charge in [0, 0.05) is 49.8 Å². The molecule has 1 aliphatic heterocycles. The molecule has 11 heteroatoms. The van der Waals surface area contributed by atoms with Crippen molar-refractivity contribution in [3.63, 3.8) is 0 Å². The first-order chi connectivity index (χ1) is 18.4. The molecule has 0 radical (unpaired) electrons. The summed E-state index contributed by atoms with van der Waals surface area (Å²) in [6.07, 6.45) is 7.42. The van der Waals surface area contributed by atoms with E-state index in [-0.39, 0.29) is 11.1 Å². The number of fused-ring (bicyclic) bond motifs is 3. The highest BCUT2D eigenvalue weighted by Crippen LogP contribution is 2.50. The Morgan fingerprint density at radius 1 is 1.11 bits per heavy atom. The van der Waals surface area contributed by atoms with Crippen LogP contribution < -0.4 is 16.2 Å². The Hall–Kier alpha value is -3.79. The molecule has 0 saturated heterocycles. The molecule has 3 aromatic heterocycles. The van der Waals surface area contributed by atoms with E-state index in [9.17, 15) is 4.79 Å². The van der Waals surface area contributed by atoms with Gasteiger partial charge in [0.15, 0.2) is 11.5 Å². The summed E-state index contributed by atoms with van der Waals surface area (Å²) in [6.45, 7) is 1.88. The molecule has 2 aromatic carbocycles. The van der Waals surface area contributed by atoms with Crippen LogP contribution in [-0.2, 0) is 19.0 Å². The summed E-state index contributed by atoms with van der Waals surface area (Å²) in [5.41, 5.74) is 4.53. The molecule has 0 unspecified atom stereocenters. The minimum absolute atomic E-state index is 0.268. The van der Waals surface area contributed by atoms with E-state index in [4.69, 9.17) is 28.2 Å². The Morgan fingerprint density at radius 2 is 1.92 bits per heavy atom. The largest absolute Gasteiger partial charge is 0.333 e. The lowest BCUT2D eigenvalue weighted by atomic mass is 9.88. The van der Waals surface area contributed by atoms with Crippen LogP contribution in [0.15, 0.2) is 59.8 Å². The average molecular weight is 545 g/mol. The van der Waals surface area contributed by atoms with E-state index in [0.717, 1.165) is 18.8 Å². The molecule has 9 nitrogen and oxygen atoms in total. The molecule has 5 aromatic rings. The zero-order valence-electron chi connectivity index (χ0n) is 20.4. The van der Waals surface area contributed by atoms with Gasteiger partial charge in [-0.05, 0) is 48.2 Å². The minimum Gasteiger partial charge on any atom is -0.333 e. The van der Waals surface area contributed by atoms with Crippen LogP contribution in [0.5, 0.6) is 0 Å². The molecule has 1 aliphatic carbocycles. The van der Waals surface area contributed by atoms with Gasteiger partial charge in [-0.2, -0.15) is 9.78 Å². The second kappa shape index (κ2) is 8.62. The lowest BCUT2D eigenvalue weighted by Crippen LogP contribution is -2.33. The van der Waals surface area contributed by atoms with E-state index >= 15 is 0 Å². The van der Waals surface area contributed by atoms with Gasteiger partial charge in [-0.1, -0.05) is 35.3 Å². The highest BCUT2D eigenvalue weighted by Gasteiger charge is 2.46. The van der Waals surface area contributed by atoms with E-state index in [0.29, 0.717) is 38.4 Å². The van der Waals surface area contributed by atoms with Crippen LogP contribution in [0.1, 0.15) is 24.0 Å². The zero-order valence-corrected chi connectivity index (χ0v) is 21.9. The monoisotopic (exact) mass is 544 g/mol. The molecule has 7 rings (SSSR count). The third kappa shape index (κ3) is 3.69. The fraction of sp³-hybridized carbons (Fsp3) is 0.222. The highest BCUT2D eigenvalue weighted by molar-refractivity contribution is 6.37. The van der Waals surface area contributed by atoms with Gasteiger partial charge in [0.2, 0.25) is 5.95 Å². The van der Waals surface area contributed by atoms with Crippen LogP contribution in [0.25, 0.3) is 28.1 Å². The molecule has 1 spiro atoms. The number of anilines is 2. The van der Waals surface area contributed by atoms with Gasteiger partial charge in [-0.25, -0.2) is 15.0 Å². The third-order valence-electron chi connectivity index (χ3n) is 7.38. The molecule has 1 fully saturated rings. The maximum absolute atomic E-state index is 13.6. The second-order valence-electron chi connectivity index (χ2n) is 9.83. The molecule has 2 N–H and O–H groups in total. The molecule has 1 saturated carbocycles. The van der Waals surface area contributed by atoms with Crippen molar-refractivity contribution >= 4 is 45.7 Å². The summed E-state index contributed by atoms with van der Waals surface area (Å²) >= 11 is 12.9. The number of hydrogen-bond donors (Lipinski definition) is 2. The van der Waals surface area contributed by atoms with E-state index in [1.165, 1.54) is 34.8 Å². The Balaban J connectivity index is 1.37. The Kier molecular flexibility index (Phi) is 5.30. The number of benzene rings is 2. The summed E-state index contributed by atoms with van der Waals surface area (Å²) in [5, 5.41) is 12.4. The van der Waals surface area contributed by atoms with E-state index in [1.807, 2.05) is 11.6 Å². The lowest BCUT2D eigenvalue weighted by molar-refractivity contribution is 0.531. The Bertz CT molecular complexity index is 1790. The fourth-order valence-corrected chi connectivity index (χ4v) is 5.82. The maximum atomic E-state index is 13.6. The smallest absolute Gasteiger partial charge is 0.282 e. The van der Waals surface area contributed by atoms with Gasteiger partial charge in [-0.15, -0.1) is 0 Å². The molecule has 190 valence electrons. The summed E-state index contributed by atoms with van der Waals surface area (Å²) in [6, 6.07) is 11.4. The van der Waals surface area contributed by atoms with Gasteiger partial charge in [0.05, 0.1) is 15.4 Å². The fourth-order valence-electron chi connectivity index (χ4n) is 5.27. The summed E-state index contributed by atoms with van der Waals surface area (Å²) in [4.78, 5) is 27.2. The number of imidazole rings is 1. The number of nitrogens with one attached hydrogen (secondary N) is 2. The van der Waals surface area contributed by atoms with E-state index < -0.39 is 5.56 Å². The third-order valence-corrected chi connectivity index (χ3v) is 7.99. The maximum Gasteiger partial charge on any atom is 0.282 e. The first kappa shape index (κ1) is 23.3. The predicted octanol–water partition coefficient (Wildman–Crippen LogP) is 4.76. The van der Waals surface area contributed by atoms with Crippen LogP contribution >= 0.6 is 23.2 Å². The van der Waals surface area contributed by atoms with Crippen LogP contribution in [0.4, 0.5) is 11.6 Å².